The van der Waals surface area contributed by atoms with Gasteiger partial charge in [0.25, 0.3) is 0 Å². The number of aromatic carboxylic acids is 1. The van der Waals surface area contributed by atoms with Crippen LogP contribution in [-0.2, 0) is 6.54 Å². The van der Waals surface area contributed by atoms with Crippen molar-refractivity contribution in [2.75, 3.05) is 18.8 Å². The van der Waals surface area contributed by atoms with E-state index >= 15 is 0 Å². The first kappa shape index (κ1) is 15.6. The molecule has 2 heterocycles. The summed E-state index contributed by atoms with van der Waals surface area (Å²) >= 11 is 1.86. The monoisotopic (exact) mass is 309 g/mol. The quantitative estimate of drug-likeness (QED) is 0.890. The second kappa shape index (κ2) is 6.34. The van der Waals surface area contributed by atoms with Crippen LogP contribution >= 0.6 is 11.8 Å². The molecule has 1 aliphatic rings. The first-order chi connectivity index (χ1) is 9.87. The predicted molar refractivity (Wildman–Crippen MR) is 81.5 cm³/mol. The molecule has 0 spiro atoms. The summed E-state index contributed by atoms with van der Waals surface area (Å²) in [6.07, 6.45) is 1.44. The van der Waals surface area contributed by atoms with Gasteiger partial charge in [-0.25, -0.2) is 9.59 Å². The Labute approximate surface area is 127 Å². The minimum atomic E-state index is -1.00. The number of thioether (sulfide) groups is 1. The van der Waals surface area contributed by atoms with Crippen LogP contribution in [0.15, 0.2) is 18.3 Å². The molecule has 21 heavy (non-hydrogen) atoms. The van der Waals surface area contributed by atoms with Crippen LogP contribution in [0.25, 0.3) is 0 Å². The minimum absolute atomic E-state index is 0.0665. The van der Waals surface area contributed by atoms with E-state index in [4.69, 9.17) is 5.11 Å². The Morgan fingerprint density at radius 3 is 2.95 bits per heavy atom. The van der Waals surface area contributed by atoms with Crippen LogP contribution in [0.1, 0.15) is 29.9 Å². The molecule has 0 atom stereocenters. The average Bonchev–Trinajstić information content (AvgIpc) is 2.44. The number of hydrogen-bond donors (Lipinski definition) is 2. The van der Waals surface area contributed by atoms with Gasteiger partial charge in [0.15, 0.2) is 0 Å². The van der Waals surface area contributed by atoms with Crippen molar-refractivity contribution < 1.29 is 14.7 Å². The third-order valence-electron chi connectivity index (χ3n) is 3.20. The maximum Gasteiger partial charge on any atom is 0.335 e. The third-order valence-corrected chi connectivity index (χ3v) is 4.49. The molecule has 1 aromatic heterocycles. The van der Waals surface area contributed by atoms with Gasteiger partial charge in [-0.05, 0) is 26.0 Å². The molecule has 114 valence electrons. The standard InChI is InChI=1S/C14H19N3O3S/c1-14(2)9-17(5-6-21-14)13(20)16-8-11-7-10(12(18)19)3-4-15-11/h3-4,7H,5-6,8-9H2,1-2H3,(H,16,20)(H,18,19). The number of nitrogens with zero attached hydrogens (tertiary/aromatic N) is 2. The number of amides is 2. The number of hydrogen-bond acceptors (Lipinski definition) is 4. The predicted octanol–water partition coefficient (Wildman–Crippen LogP) is 1.82. The highest BCUT2D eigenvalue weighted by Crippen LogP contribution is 2.29. The molecule has 1 aliphatic heterocycles. The number of carboxylic acids is 1. The Kier molecular flexibility index (Phi) is 4.72. The van der Waals surface area contributed by atoms with Crippen molar-refractivity contribution >= 4 is 23.8 Å². The fourth-order valence-electron chi connectivity index (χ4n) is 2.18. The van der Waals surface area contributed by atoms with Gasteiger partial charge in [-0.2, -0.15) is 11.8 Å². The van der Waals surface area contributed by atoms with Crippen molar-refractivity contribution in [1.82, 2.24) is 15.2 Å². The first-order valence-electron chi connectivity index (χ1n) is 6.72. The lowest BCUT2D eigenvalue weighted by molar-refractivity contribution is 0.0696. The summed E-state index contributed by atoms with van der Waals surface area (Å²) in [4.78, 5) is 28.9. The molecule has 1 aromatic rings. The van der Waals surface area contributed by atoms with E-state index in [0.29, 0.717) is 12.2 Å². The zero-order valence-corrected chi connectivity index (χ0v) is 12.9. The number of pyridine rings is 1. The second-order valence-corrected chi connectivity index (χ2v) is 7.33. The maximum absolute atomic E-state index is 12.1. The Morgan fingerprint density at radius 1 is 1.52 bits per heavy atom. The molecule has 7 heteroatoms. The number of urea groups is 1. The van der Waals surface area contributed by atoms with Crippen LogP contribution in [0.4, 0.5) is 4.79 Å². The van der Waals surface area contributed by atoms with E-state index in [9.17, 15) is 9.59 Å². The van der Waals surface area contributed by atoms with E-state index in [0.717, 1.165) is 12.3 Å². The van der Waals surface area contributed by atoms with Crippen LogP contribution in [0, 0.1) is 0 Å². The number of aromatic nitrogens is 1. The zero-order valence-electron chi connectivity index (χ0n) is 12.1. The molecule has 1 fully saturated rings. The van der Waals surface area contributed by atoms with Gasteiger partial charge < -0.3 is 15.3 Å². The van der Waals surface area contributed by atoms with Gasteiger partial charge >= 0.3 is 12.0 Å². The molecular weight excluding hydrogens is 290 g/mol. The van der Waals surface area contributed by atoms with E-state index in [-0.39, 0.29) is 22.9 Å². The largest absolute Gasteiger partial charge is 0.478 e. The molecule has 2 rings (SSSR count). The van der Waals surface area contributed by atoms with Gasteiger partial charge in [0.05, 0.1) is 17.8 Å². The van der Waals surface area contributed by atoms with Gasteiger partial charge in [0.1, 0.15) is 0 Å². The van der Waals surface area contributed by atoms with E-state index in [1.54, 1.807) is 4.90 Å². The fraction of sp³-hybridized carbons (Fsp3) is 0.500. The normalized spacial score (nSPS) is 17.3. The molecule has 6 nitrogen and oxygen atoms in total. The molecular formula is C14H19N3O3S. The summed E-state index contributed by atoms with van der Waals surface area (Å²) in [7, 11) is 0. The second-order valence-electron chi connectivity index (χ2n) is 5.53. The lowest BCUT2D eigenvalue weighted by Crippen LogP contribution is -2.49. The maximum atomic E-state index is 12.1. The van der Waals surface area contributed by atoms with E-state index in [2.05, 4.69) is 24.1 Å². The Morgan fingerprint density at radius 2 is 2.29 bits per heavy atom. The summed E-state index contributed by atoms with van der Waals surface area (Å²) < 4.78 is 0.0665. The van der Waals surface area contributed by atoms with Crippen LogP contribution in [0.3, 0.4) is 0 Å². The van der Waals surface area contributed by atoms with Crippen LogP contribution in [0.2, 0.25) is 0 Å². The molecule has 0 saturated carbocycles. The van der Waals surface area contributed by atoms with Crippen molar-refractivity contribution in [3.63, 3.8) is 0 Å². The smallest absolute Gasteiger partial charge is 0.335 e. The lowest BCUT2D eigenvalue weighted by Gasteiger charge is -2.37. The van der Waals surface area contributed by atoms with Crippen molar-refractivity contribution in [1.29, 1.82) is 0 Å². The number of carboxylic acid groups (broad SMARTS) is 1. The molecule has 1 saturated heterocycles. The van der Waals surface area contributed by atoms with Gasteiger partial charge in [-0.3, -0.25) is 4.98 Å². The van der Waals surface area contributed by atoms with Gasteiger partial charge in [0.2, 0.25) is 0 Å². The summed E-state index contributed by atoms with van der Waals surface area (Å²) in [6.45, 7) is 5.89. The van der Waals surface area contributed by atoms with Gasteiger partial charge in [-0.15, -0.1) is 0 Å². The lowest BCUT2D eigenvalue weighted by atomic mass is 10.2. The Bertz CT molecular complexity index is 548. The Hall–Kier alpha value is -1.76. The van der Waals surface area contributed by atoms with Crippen molar-refractivity contribution in [2.45, 2.75) is 25.1 Å². The number of rotatable bonds is 3. The summed E-state index contributed by atoms with van der Waals surface area (Å²) in [5, 5.41) is 11.7. The highest BCUT2D eigenvalue weighted by molar-refractivity contribution is 8.00. The molecule has 2 amide bonds. The van der Waals surface area contributed by atoms with Gasteiger partial charge in [0, 0.05) is 29.8 Å². The first-order valence-corrected chi connectivity index (χ1v) is 7.71. The van der Waals surface area contributed by atoms with Crippen LogP contribution in [-0.4, -0.2) is 50.6 Å². The van der Waals surface area contributed by atoms with E-state index in [1.165, 1.54) is 18.3 Å². The highest BCUT2D eigenvalue weighted by atomic mass is 32.2. The fourth-order valence-corrected chi connectivity index (χ4v) is 3.29. The molecule has 0 bridgehead atoms. The molecule has 0 aliphatic carbocycles. The zero-order chi connectivity index (χ0) is 15.5. The van der Waals surface area contributed by atoms with Crippen molar-refractivity contribution in [3.8, 4) is 0 Å². The molecule has 2 N–H and O–H groups in total. The minimum Gasteiger partial charge on any atom is -0.478 e. The van der Waals surface area contributed by atoms with Crippen molar-refractivity contribution in [2.24, 2.45) is 0 Å². The topological polar surface area (TPSA) is 82.5 Å². The number of carbonyl (C=O) groups is 2. The van der Waals surface area contributed by atoms with E-state index < -0.39 is 5.97 Å². The Balaban J connectivity index is 1.92. The third kappa shape index (κ3) is 4.35. The molecule has 0 radical (unpaired) electrons. The number of carbonyl (C=O) groups excluding carboxylic acids is 1. The number of nitrogens with one attached hydrogen (secondary N) is 1. The highest BCUT2D eigenvalue weighted by Gasteiger charge is 2.29. The summed E-state index contributed by atoms with van der Waals surface area (Å²) in [5.74, 6) is -0.0764. The SMILES string of the molecule is CC1(C)CN(C(=O)NCc2cc(C(=O)O)ccn2)CCS1. The van der Waals surface area contributed by atoms with Crippen LogP contribution in [0.5, 0.6) is 0 Å². The van der Waals surface area contributed by atoms with Crippen LogP contribution < -0.4 is 5.32 Å². The summed E-state index contributed by atoms with van der Waals surface area (Å²) in [6, 6.07) is 2.77. The average molecular weight is 309 g/mol. The van der Waals surface area contributed by atoms with E-state index in [1.807, 2.05) is 11.8 Å². The van der Waals surface area contributed by atoms with Crippen molar-refractivity contribution in [3.05, 3.63) is 29.6 Å². The molecule has 0 aromatic carbocycles. The summed E-state index contributed by atoms with van der Waals surface area (Å²) in [5.41, 5.74) is 0.707. The molecule has 0 unspecified atom stereocenters. The van der Waals surface area contributed by atoms with Gasteiger partial charge in [-0.1, -0.05) is 0 Å².